The molecule has 0 aliphatic carbocycles. The van der Waals surface area contributed by atoms with Crippen molar-refractivity contribution in [1.82, 2.24) is 10.3 Å². The van der Waals surface area contributed by atoms with Crippen LogP contribution in [0, 0.1) is 0 Å². The summed E-state index contributed by atoms with van der Waals surface area (Å²) in [4.78, 5) is 7.66. The Bertz CT molecular complexity index is 483. The third-order valence-electron chi connectivity index (χ3n) is 2.75. The average Bonchev–Trinajstić information content (AvgIpc) is 3.03. The van der Waals surface area contributed by atoms with Crippen LogP contribution < -0.4 is 10.1 Å². The molecule has 1 aromatic heterocycles. The molecule has 0 saturated heterocycles. The van der Waals surface area contributed by atoms with Gasteiger partial charge in [-0.05, 0) is 18.6 Å². The third kappa shape index (κ3) is 3.03. The first-order chi connectivity index (χ1) is 8.83. The fourth-order valence-corrected chi connectivity index (χ4v) is 1.70. The van der Waals surface area contributed by atoms with Gasteiger partial charge in [0.05, 0.1) is 24.2 Å². The number of hydrogen-bond acceptors (Lipinski definition) is 3. The second kappa shape index (κ2) is 6.10. The monoisotopic (exact) mass is 245 g/mol. The van der Waals surface area contributed by atoms with Crippen LogP contribution in [0.25, 0.3) is 0 Å². The summed E-state index contributed by atoms with van der Waals surface area (Å²) in [5.41, 5.74) is 2.86. The van der Waals surface area contributed by atoms with Crippen molar-refractivity contribution in [2.24, 2.45) is 4.99 Å². The number of nitrogens with one attached hydrogen (secondary N) is 2. The lowest BCUT2D eigenvalue weighted by atomic mass is 10.3. The Hall–Kier alpha value is -1.97. The summed E-state index contributed by atoms with van der Waals surface area (Å²) in [6.07, 6.45) is 10.2. The highest BCUT2D eigenvalue weighted by atomic mass is 16.5. The van der Waals surface area contributed by atoms with Crippen LogP contribution >= 0.6 is 0 Å². The molecule has 2 N–H and O–H groups in total. The molecule has 4 nitrogen and oxygen atoms in total. The van der Waals surface area contributed by atoms with Gasteiger partial charge < -0.3 is 15.0 Å². The largest absolute Gasteiger partial charge is 0.495 e. The lowest BCUT2D eigenvalue weighted by Gasteiger charge is -1.98. The molecule has 0 amide bonds. The summed E-state index contributed by atoms with van der Waals surface area (Å²) in [7, 11) is 1.65. The SMILES string of the molecule is CCCCN/C=C1\C=CC(c2cc(OC)c[nH]2)=N1. The average molecular weight is 245 g/mol. The molecule has 1 aliphatic heterocycles. The first-order valence-corrected chi connectivity index (χ1v) is 6.26. The Morgan fingerprint density at radius 1 is 1.44 bits per heavy atom. The van der Waals surface area contributed by atoms with Crippen molar-refractivity contribution in [3.8, 4) is 5.75 Å². The van der Waals surface area contributed by atoms with Gasteiger partial charge in [-0.3, -0.25) is 0 Å². The second-order valence-electron chi connectivity index (χ2n) is 4.16. The zero-order chi connectivity index (χ0) is 12.8. The second-order valence-corrected chi connectivity index (χ2v) is 4.16. The van der Waals surface area contributed by atoms with Crippen LogP contribution in [0.3, 0.4) is 0 Å². The lowest BCUT2D eigenvalue weighted by molar-refractivity contribution is 0.415. The Kier molecular flexibility index (Phi) is 4.23. The molecule has 0 unspecified atom stereocenters. The van der Waals surface area contributed by atoms with Crippen LogP contribution in [0.4, 0.5) is 0 Å². The van der Waals surface area contributed by atoms with Crippen LogP contribution in [-0.4, -0.2) is 24.4 Å². The fraction of sp³-hybridized carbons (Fsp3) is 0.357. The number of ether oxygens (including phenoxy) is 1. The molecular formula is C14H19N3O. The molecule has 0 saturated carbocycles. The molecule has 0 spiro atoms. The maximum absolute atomic E-state index is 5.14. The van der Waals surface area contributed by atoms with Crippen LogP contribution in [-0.2, 0) is 0 Å². The highest BCUT2D eigenvalue weighted by molar-refractivity contribution is 6.10. The van der Waals surface area contributed by atoms with E-state index in [0.717, 1.165) is 29.4 Å². The van der Waals surface area contributed by atoms with E-state index >= 15 is 0 Å². The molecule has 0 radical (unpaired) electrons. The van der Waals surface area contributed by atoms with Gasteiger partial charge in [0, 0.05) is 25.0 Å². The molecule has 18 heavy (non-hydrogen) atoms. The summed E-state index contributed by atoms with van der Waals surface area (Å²) in [5.74, 6) is 0.819. The van der Waals surface area contributed by atoms with E-state index in [-0.39, 0.29) is 0 Å². The number of aliphatic imine (C=N–C) groups is 1. The molecule has 0 aromatic carbocycles. The van der Waals surface area contributed by atoms with E-state index in [9.17, 15) is 0 Å². The van der Waals surface area contributed by atoms with E-state index in [4.69, 9.17) is 4.74 Å². The summed E-state index contributed by atoms with van der Waals surface area (Å²) < 4.78 is 5.14. The van der Waals surface area contributed by atoms with Crippen LogP contribution in [0.1, 0.15) is 25.5 Å². The molecule has 1 aromatic rings. The maximum atomic E-state index is 5.14. The van der Waals surface area contributed by atoms with Gasteiger partial charge in [0.2, 0.25) is 0 Å². The molecule has 96 valence electrons. The Balaban J connectivity index is 1.98. The van der Waals surface area contributed by atoms with Crippen molar-refractivity contribution >= 4 is 5.71 Å². The standard InChI is InChI=1S/C14H19N3O/c1-3-4-7-15-9-11-5-6-13(17-11)14-8-12(18-2)10-16-14/h5-6,8-10,15-16H,3-4,7H2,1-2H3/b11-9+. The molecule has 1 aliphatic rings. The number of H-pyrrole nitrogens is 1. The predicted octanol–water partition coefficient (Wildman–Crippen LogP) is 2.61. The number of nitrogens with zero attached hydrogens (tertiary/aromatic N) is 1. The smallest absolute Gasteiger partial charge is 0.136 e. The van der Waals surface area contributed by atoms with Gasteiger partial charge >= 0.3 is 0 Å². The molecular weight excluding hydrogens is 226 g/mol. The minimum absolute atomic E-state index is 0.819. The van der Waals surface area contributed by atoms with Crippen molar-refractivity contribution < 1.29 is 4.74 Å². The van der Waals surface area contributed by atoms with Gasteiger partial charge in [0.25, 0.3) is 0 Å². The summed E-state index contributed by atoms with van der Waals surface area (Å²) in [6.45, 7) is 3.17. The van der Waals surface area contributed by atoms with Gasteiger partial charge in [-0.2, -0.15) is 0 Å². The topological polar surface area (TPSA) is 49.4 Å². The zero-order valence-corrected chi connectivity index (χ0v) is 10.9. The highest BCUT2D eigenvalue weighted by Gasteiger charge is 2.09. The van der Waals surface area contributed by atoms with Gasteiger partial charge in [0.15, 0.2) is 0 Å². The van der Waals surface area contributed by atoms with Crippen molar-refractivity contribution in [2.75, 3.05) is 13.7 Å². The van der Waals surface area contributed by atoms with E-state index < -0.39 is 0 Å². The summed E-state index contributed by atoms with van der Waals surface area (Å²) >= 11 is 0. The van der Waals surface area contributed by atoms with E-state index in [1.165, 1.54) is 12.8 Å². The maximum Gasteiger partial charge on any atom is 0.136 e. The summed E-state index contributed by atoms with van der Waals surface area (Å²) in [5, 5.41) is 3.26. The van der Waals surface area contributed by atoms with Gasteiger partial charge in [-0.15, -0.1) is 0 Å². The lowest BCUT2D eigenvalue weighted by Crippen LogP contribution is -2.06. The van der Waals surface area contributed by atoms with E-state index in [1.54, 1.807) is 7.11 Å². The molecule has 4 heteroatoms. The number of allylic oxidation sites excluding steroid dienone is 2. The van der Waals surface area contributed by atoms with Gasteiger partial charge in [-0.25, -0.2) is 4.99 Å². The molecule has 0 fully saturated rings. The molecule has 2 heterocycles. The predicted molar refractivity (Wildman–Crippen MR) is 74.0 cm³/mol. The molecule has 2 rings (SSSR count). The number of methoxy groups -OCH3 is 1. The number of aromatic amines is 1. The van der Waals surface area contributed by atoms with Crippen molar-refractivity contribution in [2.45, 2.75) is 19.8 Å². The minimum Gasteiger partial charge on any atom is -0.495 e. The zero-order valence-electron chi connectivity index (χ0n) is 10.9. The van der Waals surface area contributed by atoms with Crippen molar-refractivity contribution in [1.29, 1.82) is 0 Å². The van der Waals surface area contributed by atoms with Gasteiger partial charge in [-0.1, -0.05) is 13.3 Å². The van der Waals surface area contributed by atoms with Crippen molar-refractivity contribution in [3.63, 3.8) is 0 Å². The van der Waals surface area contributed by atoms with Crippen LogP contribution in [0.5, 0.6) is 5.75 Å². The molecule has 0 atom stereocenters. The number of unbranched alkanes of at least 4 members (excludes halogenated alkanes) is 1. The van der Waals surface area contributed by atoms with E-state index in [0.29, 0.717) is 0 Å². The minimum atomic E-state index is 0.819. The van der Waals surface area contributed by atoms with E-state index in [1.807, 2.05) is 30.6 Å². The Labute approximate surface area is 107 Å². The number of hydrogen-bond donors (Lipinski definition) is 2. The normalized spacial score (nSPS) is 16.1. The first kappa shape index (κ1) is 12.5. The fourth-order valence-electron chi connectivity index (χ4n) is 1.70. The molecule has 0 bridgehead atoms. The Morgan fingerprint density at radius 2 is 2.33 bits per heavy atom. The van der Waals surface area contributed by atoms with Crippen LogP contribution in [0.2, 0.25) is 0 Å². The highest BCUT2D eigenvalue weighted by Crippen LogP contribution is 2.17. The quantitative estimate of drug-likeness (QED) is 0.757. The number of rotatable bonds is 6. The van der Waals surface area contributed by atoms with Gasteiger partial charge in [0.1, 0.15) is 5.75 Å². The van der Waals surface area contributed by atoms with E-state index in [2.05, 4.69) is 22.2 Å². The summed E-state index contributed by atoms with van der Waals surface area (Å²) in [6, 6.07) is 1.94. The number of aromatic nitrogens is 1. The van der Waals surface area contributed by atoms with Crippen molar-refractivity contribution in [3.05, 3.63) is 42.0 Å². The third-order valence-corrected chi connectivity index (χ3v) is 2.75. The Morgan fingerprint density at radius 3 is 3.06 bits per heavy atom. The van der Waals surface area contributed by atoms with Crippen LogP contribution in [0.15, 0.2) is 41.3 Å². The first-order valence-electron chi connectivity index (χ1n) is 6.26.